The molecule has 0 bridgehead atoms. The molecule has 2 amide bonds. The average Bonchev–Trinajstić information content (AvgIpc) is 3.32. The highest BCUT2D eigenvalue weighted by Gasteiger charge is 2.07. The lowest BCUT2D eigenvalue weighted by molar-refractivity contribution is -0.105. The molecule has 0 unspecified atom stereocenters. The van der Waals surface area contributed by atoms with Gasteiger partial charge < -0.3 is 16.0 Å². The zero-order valence-electron chi connectivity index (χ0n) is 15.9. The molecule has 0 radical (unpaired) electrons. The zero-order chi connectivity index (χ0) is 20.8. The van der Waals surface area contributed by atoms with Gasteiger partial charge in [0.25, 0.3) is 5.91 Å². The van der Waals surface area contributed by atoms with E-state index < -0.39 is 0 Å². The molecule has 0 aliphatic carbocycles. The van der Waals surface area contributed by atoms with Crippen LogP contribution in [-0.2, 0) is 4.79 Å². The van der Waals surface area contributed by atoms with Crippen LogP contribution in [0.25, 0.3) is 5.69 Å². The van der Waals surface area contributed by atoms with Crippen LogP contribution in [0.15, 0.2) is 91.3 Å². The molecule has 1 aromatic heterocycles. The van der Waals surface area contributed by atoms with E-state index in [1.54, 1.807) is 23.0 Å². The van der Waals surface area contributed by atoms with Crippen molar-refractivity contribution in [1.82, 2.24) is 9.78 Å². The van der Waals surface area contributed by atoms with E-state index in [-0.39, 0.29) is 5.91 Å². The number of hydrogen-bond acceptors (Lipinski definition) is 4. The summed E-state index contributed by atoms with van der Waals surface area (Å²) in [6.45, 7) is 0. The third kappa shape index (κ3) is 4.53. The summed E-state index contributed by atoms with van der Waals surface area (Å²) >= 11 is 0. The van der Waals surface area contributed by atoms with Crippen molar-refractivity contribution in [2.75, 3.05) is 16.0 Å². The van der Waals surface area contributed by atoms with Crippen molar-refractivity contribution in [3.8, 4) is 5.69 Å². The van der Waals surface area contributed by atoms with Crippen molar-refractivity contribution in [2.24, 2.45) is 0 Å². The minimum Gasteiger partial charge on any atom is -0.356 e. The molecule has 0 saturated carbocycles. The maximum Gasteiger partial charge on any atom is 0.255 e. The van der Waals surface area contributed by atoms with Gasteiger partial charge in [0.05, 0.1) is 5.69 Å². The Hall–Kier alpha value is -4.39. The zero-order valence-corrected chi connectivity index (χ0v) is 15.9. The van der Waals surface area contributed by atoms with Crippen molar-refractivity contribution in [3.05, 3.63) is 96.8 Å². The molecule has 0 spiro atoms. The van der Waals surface area contributed by atoms with Gasteiger partial charge in [0.2, 0.25) is 6.41 Å². The highest BCUT2D eigenvalue weighted by molar-refractivity contribution is 6.04. The summed E-state index contributed by atoms with van der Waals surface area (Å²) in [4.78, 5) is 22.9. The lowest BCUT2D eigenvalue weighted by Gasteiger charge is -2.10. The highest BCUT2D eigenvalue weighted by Crippen LogP contribution is 2.21. The first-order valence-electron chi connectivity index (χ1n) is 9.30. The van der Waals surface area contributed by atoms with E-state index >= 15 is 0 Å². The number of rotatable bonds is 7. The van der Waals surface area contributed by atoms with E-state index in [1.807, 2.05) is 72.9 Å². The second kappa shape index (κ2) is 8.74. The van der Waals surface area contributed by atoms with Crippen LogP contribution < -0.4 is 16.0 Å². The molecule has 148 valence electrons. The number of carbonyl (C=O) groups excluding carboxylic acids is 2. The molecule has 0 saturated heterocycles. The molecular formula is C23H19N5O2. The van der Waals surface area contributed by atoms with E-state index in [0.717, 1.165) is 22.7 Å². The summed E-state index contributed by atoms with van der Waals surface area (Å²) in [5, 5.41) is 12.9. The molecule has 30 heavy (non-hydrogen) atoms. The largest absolute Gasteiger partial charge is 0.356 e. The number of nitrogens with one attached hydrogen (secondary N) is 3. The molecule has 7 nitrogen and oxygen atoms in total. The van der Waals surface area contributed by atoms with Crippen LogP contribution in [0.4, 0.5) is 22.7 Å². The third-order valence-electron chi connectivity index (χ3n) is 4.44. The van der Waals surface area contributed by atoms with Gasteiger partial charge in [-0.1, -0.05) is 0 Å². The second-order valence-electron chi connectivity index (χ2n) is 6.49. The number of hydrogen-bond donors (Lipinski definition) is 3. The Kier molecular flexibility index (Phi) is 5.52. The average molecular weight is 397 g/mol. The van der Waals surface area contributed by atoms with Crippen LogP contribution in [0.3, 0.4) is 0 Å². The molecule has 0 aliphatic rings. The van der Waals surface area contributed by atoms with Crippen LogP contribution in [0, 0.1) is 0 Å². The smallest absolute Gasteiger partial charge is 0.255 e. The van der Waals surface area contributed by atoms with Crippen molar-refractivity contribution < 1.29 is 9.59 Å². The minimum absolute atomic E-state index is 0.180. The van der Waals surface area contributed by atoms with Crippen LogP contribution in [-0.4, -0.2) is 22.1 Å². The van der Waals surface area contributed by atoms with Crippen molar-refractivity contribution in [2.45, 2.75) is 0 Å². The summed E-state index contributed by atoms with van der Waals surface area (Å²) < 4.78 is 1.74. The molecule has 0 fully saturated rings. The van der Waals surface area contributed by atoms with E-state index in [9.17, 15) is 9.59 Å². The van der Waals surface area contributed by atoms with E-state index in [1.165, 1.54) is 0 Å². The SMILES string of the molecule is O=CNc1ccc(Nc2ccc(NC(=O)c3ccc(-n4cccn4)cc3)cc2)cc1. The first kappa shape index (κ1) is 18.9. The van der Waals surface area contributed by atoms with E-state index in [4.69, 9.17) is 0 Å². The Morgan fingerprint density at radius 3 is 1.97 bits per heavy atom. The van der Waals surface area contributed by atoms with Crippen LogP contribution in [0.1, 0.15) is 10.4 Å². The van der Waals surface area contributed by atoms with E-state index in [2.05, 4.69) is 21.0 Å². The van der Waals surface area contributed by atoms with Crippen LogP contribution in [0.2, 0.25) is 0 Å². The molecule has 0 atom stereocenters. The Balaban J connectivity index is 1.37. The van der Waals surface area contributed by atoms with Crippen molar-refractivity contribution in [3.63, 3.8) is 0 Å². The monoisotopic (exact) mass is 397 g/mol. The molecule has 7 heteroatoms. The second-order valence-corrected chi connectivity index (χ2v) is 6.49. The summed E-state index contributed by atoms with van der Waals surface area (Å²) in [7, 11) is 0. The molecule has 0 aliphatic heterocycles. The maximum absolute atomic E-state index is 12.5. The molecule has 3 aromatic carbocycles. The first-order chi connectivity index (χ1) is 14.7. The number of nitrogens with zero attached hydrogens (tertiary/aromatic N) is 2. The summed E-state index contributed by atoms with van der Waals surface area (Å²) in [6, 6.07) is 23.9. The lowest BCUT2D eigenvalue weighted by Crippen LogP contribution is -2.12. The number of amides is 2. The van der Waals surface area contributed by atoms with E-state index in [0.29, 0.717) is 17.7 Å². The quantitative estimate of drug-likeness (QED) is 0.403. The van der Waals surface area contributed by atoms with Gasteiger partial charge in [-0.05, 0) is 78.9 Å². The Morgan fingerprint density at radius 2 is 1.40 bits per heavy atom. The third-order valence-corrected chi connectivity index (χ3v) is 4.44. The fourth-order valence-electron chi connectivity index (χ4n) is 2.91. The Morgan fingerprint density at radius 1 is 0.800 bits per heavy atom. The summed E-state index contributed by atoms with van der Waals surface area (Å²) in [5.41, 5.74) is 4.66. The first-order valence-corrected chi connectivity index (χ1v) is 9.30. The van der Waals surface area contributed by atoms with Gasteiger partial charge >= 0.3 is 0 Å². The van der Waals surface area contributed by atoms with Crippen LogP contribution in [0.5, 0.6) is 0 Å². The minimum atomic E-state index is -0.180. The predicted molar refractivity (Wildman–Crippen MR) is 117 cm³/mol. The van der Waals surface area contributed by atoms with Gasteiger partial charge in [-0.25, -0.2) is 4.68 Å². The van der Waals surface area contributed by atoms with Gasteiger partial charge in [-0.2, -0.15) is 5.10 Å². The summed E-state index contributed by atoms with van der Waals surface area (Å²) in [5.74, 6) is -0.180. The summed E-state index contributed by atoms with van der Waals surface area (Å²) in [6.07, 6.45) is 4.20. The van der Waals surface area contributed by atoms with Crippen molar-refractivity contribution in [1.29, 1.82) is 0 Å². The van der Waals surface area contributed by atoms with Gasteiger partial charge in [-0.15, -0.1) is 0 Å². The van der Waals surface area contributed by atoms with Gasteiger partial charge in [0, 0.05) is 40.7 Å². The fraction of sp³-hybridized carbons (Fsp3) is 0. The highest BCUT2D eigenvalue weighted by atomic mass is 16.1. The van der Waals surface area contributed by atoms with Gasteiger partial charge in [0.1, 0.15) is 0 Å². The van der Waals surface area contributed by atoms with Crippen LogP contribution >= 0.6 is 0 Å². The fourth-order valence-corrected chi connectivity index (χ4v) is 2.91. The molecule has 4 aromatic rings. The molecule has 1 heterocycles. The van der Waals surface area contributed by atoms with Gasteiger partial charge in [-0.3, -0.25) is 9.59 Å². The number of carbonyl (C=O) groups is 2. The molecular weight excluding hydrogens is 378 g/mol. The van der Waals surface area contributed by atoms with Gasteiger partial charge in [0.15, 0.2) is 0 Å². The number of aromatic nitrogens is 2. The predicted octanol–water partition coefficient (Wildman–Crippen LogP) is 4.44. The maximum atomic E-state index is 12.5. The lowest BCUT2D eigenvalue weighted by atomic mass is 10.2. The topological polar surface area (TPSA) is 88.0 Å². The molecule has 4 rings (SSSR count). The number of anilines is 4. The Labute approximate surface area is 173 Å². The number of benzene rings is 3. The normalized spacial score (nSPS) is 10.3. The standard InChI is InChI=1S/C23H19N5O2/c29-16-24-18-4-6-19(7-5-18)26-20-8-10-21(11-9-20)27-23(30)17-2-12-22(13-3-17)28-15-1-14-25-28/h1-16,26H,(H,24,29)(H,27,30). The molecule has 3 N–H and O–H groups in total. The Bertz CT molecular complexity index is 1120. The van der Waals surface area contributed by atoms with Crippen molar-refractivity contribution >= 4 is 35.1 Å².